The Hall–Kier alpha value is -1.23. The smallest absolute Gasteiger partial charge is 0.221 e. The largest absolute Gasteiger partial charge is 0.400 e. The van der Waals surface area contributed by atoms with Crippen LogP contribution in [0.25, 0.3) is 0 Å². The first kappa shape index (κ1) is 7.77. The fourth-order valence-corrected chi connectivity index (χ4v) is 0.326. The molecule has 0 saturated carbocycles. The number of aromatic nitrogens is 2. The van der Waals surface area contributed by atoms with E-state index in [1.165, 1.54) is 12.4 Å². The Morgan fingerprint density at radius 1 is 1.78 bits per heavy atom. The molecule has 1 aromatic heterocycles. The van der Waals surface area contributed by atoms with Crippen molar-refractivity contribution in [2.45, 2.75) is 0 Å². The highest BCUT2D eigenvalue weighted by atomic mass is 16.3. The van der Waals surface area contributed by atoms with E-state index >= 15 is 0 Å². The fourth-order valence-electron chi connectivity index (χ4n) is 0.326. The van der Waals surface area contributed by atoms with Crippen LogP contribution in [0.5, 0.6) is 0 Å². The monoisotopic (exact) mass is 130 g/mol. The van der Waals surface area contributed by atoms with E-state index in [-0.39, 0.29) is 0 Å². The molecule has 3 N–H and O–H groups in total. The van der Waals surface area contributed by atoms with Crippen molar-refractivity contribution in [3.8, 4) is 0 Å². The lowest BCUT2D eigenvalue weighted by Crippen LogP contribution is -1.95. The van der Waals surface area contributed by atoms with Crippen LogP contribution < -0.4 is 5.10 Å². The van der Waals surface area contributed by atoms with Crippen LogP contribution >= 0.6 is 0 Å². The zero-order chi connectivity index (χ0) is 7.11. The van der Waals surface area contributed by atoms with Crippen molar-refractivity contribution in [1.82, 2.24) is 5.10 Å². The molecule has 50 valence electrons. The highest BCUT2D eigenvalue weighted by Crippen LogP contribution is 2.00. The molecule has 9 heavy (non-hydrogen) atoms. The van der Waals surface area contributed by atoms with E-state index in [4.69, 9.17) is 5.11 Å². The number of hydrogen-bond acceptors (Lipinski definition) is 3. The van der Waals surface area contributed by atoms with E-state index in [0.29, 0.717) is 5.69 Å². The van der Waals surface area contributed by atoms with Gasteiger partial charge < -0.3 is 5.11 Å². The van der Waals surface area contributed by atoms with Crippen LogP contribution in [0.15, 0.2) is 17.6 Å². The van der Waals surface area contributed by atoms with Crippen LogP contribution in [0.2, 0.25) is 0 Å². The molecule has 0 saturated heterocycles. The first-order valence-electron chi connectivity index (χ1n) is 2.26. The van der Waals surface area contributed by atoms with Crippen LogP contribution in [0, 0.1) is 4.91 Å². The Kier molecular flexibility index (Phi) is 4.25. The average Bonchev–Trinajstić information content (AvgIpc) is 2.43. The predicted molar refractivity (Wildman–Crippen MR) is 30.9 cm³/mol. The van der Waals surface area contributed by atoms with Gasteiger partial charge in [0.15, 0.2) is 5.69 Å². The first-order valence-corrected chi connectivity index (χ1v) is 2.26. The van der Waals surface area contributed by atoms with Gasteiger partial charge in [-0.1, -0.05) is 0 Å². The van der Waals surface area contributed by atoms with E-state index in [0.717, 1.165) is 7.11 Å². The van der Waals surface area contributed by atoms with Crippen molar-refractivity contribution in [3.05, 3.63) is 17.3 Å². The minimum atomic E-state index is 0.389. The second-order valence-electron chi connectivity index (χ2n) is 1.09. The maximum Gasteiger partial charge on any atom is 0.221 e. The van der Waals surface area contributed by atoms with Gasteiger partial charge in [0.2, 0.25) is 6.20 Å². The van der Waals surface area contributed by atoms with Crippen LogP contribution in [-0.2, 0) is 0 Å². The van der Waals surface area contributed by atoms with Crippen molar-refractivity contribution in [3.63, 3.8) is 0 Å². The number of nitroso groups, excluding NO2 is 1. The molecule has 5 nitrogen and oxygen atoms in total. The van der Waals surface area contributed by atoms with Crippen molar-refractivity contribution in [2.24, 2.45) is 5.18 Å². The Labute approximate surface area is 51.7 Å². The lowest BCUT2D eigenvalue weighted by atomic mass is 10.6. The Morgan fingerprint density at radius 2 is 2.44 bits per heavy atom. The third kappa shape index (κ3) is 2.55. The number of H-pyrrole nitrogens is 2. The van der Waals surface area contributed by atoms with Crippen LogP contribution in [0.4, 0.5) is 5.69 Å². The molecule has 0 atom stereocenters. The maximum atomic E-state index is 9.58. The van der Waals surface area contributed by atoms with Crippen LogP contribution in [-0.4, -0.2) is 17.3 Å². The molecule has 0 aliphatic rings. The summed E-state index contributed by atoms with van der Waals surface area (Å²) in [6, 6.07) is 0. The summed E-state index contributed by atoms with van der Waals surface area (Å²) in [5.41, 5.74) is 0.389. The number of aromatic amines is 2. The van der Waals surface area contributed by atoms with Crippen molar-refractivity contribution >= 4 is 5.69 Å². The molecule has 0 aromatic carbocycles. The van der Waals surface area contributed by atoms with Gasteiger partial charge in [0.25, 0.3) is 0 Å². The van der Waals surface area contributed by atoms with Gasteiger partial charge in [0.05, 0.1) is 6.20 Å². The summed E-state index contributed by atoms with van der Waals surface area (Å²) in [6.07, 6.45) is 2.96. The van der Waals surface area contributed by atoms with E-state index in [1.807, 2.05) is 0 Å². The number of nitrogens with zero attached hydrogens (tertiary/aromatic N) is 1. The first-order chi connectivity index (χ1) is 4.43. The molecular weight excluding hydrogens is 122 g/mol. The zero-order valence-electron chi connectivity index (χ0n) is 4.96. The molecule has 0 radical (unpaired) electrons. The quantitative estimate of drug-likeness (QED) is 0.518. The lowest BCUT2D eigenvalue weighted by Gasteiger charge is -1.57. The van der Waals surface area contributed by atoms with Gasteiger partial charge in [-0.3, -0.25) is 0 Å². The van der Waals surface area contributed by atoms with E-state index in [9.17, 15) is 4.91 Å². The molecular formula is C4H8N3O2+. The zero-order valence-corrected chi connectivity index (χ0v) is 4.96. The SMILES string of the molecule is CO.O=Nc1c[nH][nH+]c1. The highest BCUT2D eigenvalue weighted by Gasteiger charge is 1.90. The lowest BCUT2D eigenvalue weighted by molar-refractivity contribution is -0.448. The molecule has 0 bridgehead atoms. The van der Waals surface area contributed by atoms with Gasteiger partial charge >= 0.3 is 0 Å². The molecule has 0 unspecified atom stereocenters. The fraction of sp³-hybridized carbons (Fsp3) is 0.250. The molecule has 0 amide bonds. The minimum absolute atomic E-state index is 0.389. The third-order valence-corrected chi connectivity index (χ3v) is 0.629. The molecule has 1 rings (SSSR count). The number of rotatable bonds is 1. The standard InChI is InChI=1S/C3H3N3O.CH4O/c7-6-3-1-4-5-2-3;1-2/h1-2H,(H,4,5);2H,1H3/p+1. The normalized spacial score (nSPS) is 7.33. The highest BCUT2D eigenvalue weighted by molar-refractivity contribution is 5.25. The molecule has 0 fully saturated rings. The Bertz CT molecular complexity index is 149. The summed E-state index contributed by atoms with van der Waals surface area (Å²) in [5.74, 6) is 0. The van der Waals surface area contributed by atoms with Gasteiger partial charge in [0.1, 0.15) is 0 Å². The van der Waals surface area contributed by atoms with Crippen molar-refractivity contribution in [2.75, 3.05) is 7.11 Å². The van der Waals surface area contributed by atoms with E-state index in [2.05, 4.69) is 15.4 Å². The molecule has 0 aliphatic heterocycles. The van der Waals surface area contributed by atoms with Crippen molar-refractivity contribution in [1.29, 1.82) is 0 Å². The summed E-state index contributed by atoms with van der Waals surface area (Å²) in [4.78, 5) is 9.58. The average molecular weight is 130 g/mol. The third-order valence-electron chi connectivity index (χ3n) is 0.629. The molecule has 0 aliphatic carbocycles. The number of aliphatic hydroxyl groups excluding tert-OH is 1. The summed E-state index contributed by atoms with van der Waals surface area (Å²) >= 11 is 0. The van der Waals surface area contributed by atoms with Gasteiger partial charge in [-0.25, -0.2) is 0 Å². The van der Waals surface area contributed by atoms with Crippen LogP contribution in [0.1, 0.15) is 0 Å². The topological polar surface area (TPSA) is 79.6 Å². The predicted octanol–water partition coefficient (Wildman–Crippen LogP) is -0.165. The number of aliphatic hydroxyl groups is 1. The molecule has 5 heteroatoms. The number of hydrogen-bond donors (Lipinski definition) is 2. The van der Waals surface area contributed by atoms with Gasteiger partial charge in [-0.15, -0.1) is 10.0 Å². The molecule has 1 aromatic rings. The van der Waals surface area contributed by atoms with Crippen LogP contribution in [0.3, 0.4) is 0 Å². The molecule has 0 spiro atoms. The maximum absolute atomic E-state index is 9.58. The second-order valence-corrected chi connectivity index (χ2v) is 1.09. The second kappa shape index (κ2) is 4.92. The summed E-state index contributed by atoms with van der Waals surface area (Å²) < 4.78 is 0. The van der Waals surface area contributed by atoms with E-state index in [1.54, 1.807) is 0 Å². The Balaban J connectivity index is 0.000000291. The van der Waals surface area contributed by atoms with Gasteiger partial charge in [0, 0.05) is 7.11 Å². The number of nitrogens with one attached hydrogen (secondary N) is 2. The minimum Gasteiger partial charge on any atom is -0.400 e. The van der Waals surface area contributed by atoms with Gasteiger partial charge in [-0.05, 0) is 5.18 Å². The summed E-state index contributed by atoms with van der Waals surface area (Å²) in [6.45, 7) is 0. The van der Waals surface area contributed by atoms with Crippen molar-refractivity contribution < 1.29 is 10.2 Å². The Morgan fingerprint density at radius 3 is 2.67 bits per heavy atom. The van der Waals surface area contributed by atoms with E-state index < -0.39 is 0 Å². The summed E-state index contributed by atoms with van der Waals surface area (Å²) in [5, 5.41) is 14.7. The van der Waals surface area contributed by atoms with Gasteiger partial charge in [-0.2, -0.15) is 5.10 Å². The molecule has 1 heterocycles. The summed E-state index contributed by atoms with van der Waals surface area (Å²) in [7, 11) is 1.00.